The maximum absolute atomic E-state index is 13.1. The molecule has 33 heavy (non-hydrogen) atoms. The standard InChI is InChI=1S/C24H29ClN4O3S/c1-3-28-11-8-18(9-12-28)17-4-6-20(7-5-17)26-23-22-19(16-21(25)27-23)10-13-29(24(22)30)14-15-33(2,31)32/h4-7,10,13,16,18H,3,8-9,11-12,14-15H2,1-2H3,(H,26,27). The Morgan fingerprint density at radius 3 is 2.48 bits per heavy atom. The predicted octanol–water partition coefficient (Wildman–Crippen LogP) is 4.04. The van der Waals surface area contributed by atoms with Crippen molar-refractivity contribution in [2.24, 2.45) is 0 Å². The predicted molar refractivity (Wildman–Crippen MR) is 135 cm³/mol. The second kappa shape index (κ2) is 9.83. The highest BCUT2D eigenvalue weighted by atomic mass is 35.5. The lowest BCUT2D eigenvalue weighted by atomic mass is 9.89. The molecule has 9 heteroatoms. The molecule has 0 radical (unpaired) electrons. The maximum Gasteiger partial charge on any atom is 0.262 e. The highest BCUT2D eigenvalue weighted by Gasteiger charge is 2.19. The Bertz CT molecular complexity index is 1300. The van der Waals surface area contributed by atoms with Crippen molar-refractivity contribution in [2.45, 2.75) is 32.2 Å². The molecule has 2 aromatic heterocycles. The average molecular weight is 489 g/mol. The molecule has 1 aliphatic rings. The number of aromatic nitrogens is 2. The lowest BCUT2D eigenvalue weighted by Gasteiger charge is -2.31. The molecule has 3 aromatic rings. The van der Waals surface area contributed by atoms with Crippen LogP contribution in [0.3, 0.4) is 0 Å². The van der Waals surface area contributed by atoms with Crippen LogP contribution in [0.4, 0.5) is 11.5 Å². The van der Waals surface area contributed by atoms with Crippen molar-refractivity contribution < 1.29 is 8.42 Å². The van der Waals surface area contributed by atoms with Gasteiger partial charge in [0.1, 0.15) is 20.8 Å². The fraction of sp³-hybridized carbons (Fsp3) is 0.417. The number of pyridine rings is 2. The molecule has 1 aromatic carbocycles. The number of hydrogen-bond donors (Lipinski definition) is 1. The highest BCUT2D eigenvalue weighted by molar-refractivity contribution is 7.90. The van der Waals surface area contributed by atoms with Gasteiger partial charge in [0.15, 0.2) is 0 Å². The summed E-state index contributed by atoms with van der Waals surface area (Å²) in [4.78, 5) is 20.0. The van der Waals surface area contributed by atoms with E-state index in [1.807, 2.05) is 12.1 Å². The van der Waals surface area contributed by atoms with Gasteiger partial charge in [-0.25, -0.2) is 13.4 Å². The van der Waals surface area contributed by atoms with Gasteiger partial charge >= 0.3 is 0 Å². The minimum absolute atomic E-state index is 0.0845. The molecule has 0 aliphatic carbocycles. The van der Waals surface area contributed by atoms with Crippen molar-refractivity contribution in [3.63, 3.8) is 0 Å². The van der Waals surface area contributed by atoms with Crippen LogP contribution in [-0.2, 0) is 16.4 Å². The molecule has 3 heterocycles. The number of likely N-dealkylation sites (tertiary alicyclic amines) is 1. The van der Waals surface area contributed by atoms with Crippen molar-refractivity contribution in [2.75, 3.05) is 37.0 Å². The van der Waals surface area contributed by atoms with E-state index in [0.717, 1.165) is 44.4 Å². The first-order valence-corrected chi connectivity index (χ1v) is 13.6. The molecular weight excluding hydrogens is 460 g/mol. The van der Waals surface area contributed by atoms with Gasteiger partial charge < -0.3 is 14.8 Å². The number of nitrogens with zero attached hydrogens (tertiary/aromatic N) is 3. The quantitative estimate of drug-likeness (QED) is 0.505. The largest absolute Gasteiger partial charge is 0.339 e. The molecule has 0 atom stereocenters. The zero-order valence-electron chi connectivity index (χ0n) is 18.9. The Kier molecular flexibility index (Phi) is 7.07. The minimum Gasteiger partial charge on any atom is -0.339 e. The van der Waals surface area contributed by atoms with Gasteiger partial charge in [0, 0.05) is 24.7 Å². The van der Waals surface area contributed by atoms with E-state index in [4.69, 9.17) is 11.6 Å². The van der Waals surface area contributed by atoms with Crippen LogP contribution in [0.1, 0.15) is 31.2 Å². The van der Waals surface area contributed by atoms with Crippen LogP contribution in [0.5, 0.6) is 0 Å². The number of benzene rings is 1. The summed E-state index contributed by atoms with van der Waals surface area (Å²) >= 11 is 6.21. The van der Waals surface area contributed by atoms with E-state index in [1.165, 1.54) is 10.1 Å². The fourth-order valence-electron chi connectivity index (χ4n) is 4.36. The van der Waals surface area contributed by atoms with E-state index in [2.05, 4.69) is 34.3 Å². The summed E-state index contributed by atoms with van der Waals surface area (Å²) in [5.74, 6) is 0.815. The molecule has 1 fully saturated rings. The third-order valence-electron chi connectivity index (χ3n) is 6.31. The number of fused-ring (bicyclic) bond motifs is 1. The summed E-state index contributed by atoms with van der Waals surface area (Å²) in [5, 5.41) is 4.55. The topological polar surface area (TPSA) is 84.3 Å². The van der Waals surface area contributed by atoms with Gasteiger partial charge in [0.05, 0.1) is 11.1 Å². The highest BCUT2D eigenvalue weighted by Crippen LogP contribution is 2.30. The van der Waals surface area contributed by atoms with Crippen molar-refractivity contribution in [3.8, 4) is 0 Å². The Morgan fingerprint density at radius 1 is 1.15 bits per heavy atom. The van der Waals surface area contributed by atoms with Gasteiger partial charge in [-0.05, 0) is 73.6 Å². The van der Waals surface area contributed by atoms with Crippen molar-refractivity contribution in [1.82, 2.24) is 14.5 Å². The number of hydrogen-bond acceptors (Lipinski definition) is 6. The first kappa shape index (κ1) is 23.7. The van der Waals surface area contributed by atoms with E-state index in [9.17, 15) is 13.2 Å². The summed E-state index contributed by atoms with van der Waals surface area (Å²) in [6.07, 6.45) is 5.07. The summed E-state index contributed by atoms with van der Waals surface area (Å²) < 4.78 is 24.5. The monoisotopic (exact) mass is 488 g/mol. The molecule has 0 spiro atoms. The van der Waals surface area contributed by atoms with Gasteiger partial charge in [0.25, 0.3) is 5.56 Å². The first-order valence-electron chi connectivity index (χ1n) is 11.2. The molecule has 176 valence electrons. The van der Waals surface area contributed by atoms with Crippen LogP contribution in [0, 0.1) is 0 Å². The van der Waals surface area contributed by atoms with Gasteiger partial charge in [-0.2, -0.15) is 0 Å². The van der Waals surface area contributed by atoms with E-state index >= 15 is 0 Å². The Morgan fingerprint density at radius 2 is 1.85 bits per heavy atom. The summed E-state index contributed by atoms with van der Waals surface area (Å²) in [6.45, 7) is 5.65. The molecule has 0 bridgehead atoms. The van der Waals surface area contributed by atoms with E-state index < -0.39 is 9.84 Å². The fourth-order valence-corrected chi connectivity index (χ4v) is 5.09. The van der Waals surface area contributed by atoms with E-state index in [-0.39, 0.29) is 23.0 Å². The Hall–Kier alpha value is -2.42. The van der Waals surface area contributed by atoms with Crippen LogP contribution in [-0.4, -0.2) is 54.5 Å². The third kappa shape index (κ3) is 5.75. The molecule has 1 N–H and O–H groups in total. The van der Waals surface area contributed by atoms with Gasteiger partial charge in [-0.15, -0.1) is 0 Å². The molecule has 7 nitrogen and oxygen atoms in total. The van der Waals surface area contributed by atoms with Crippen LogP contribution >= 0.6 is 11.6 Å². The molecule has 4 rings (SSSR count). The summed E-state index contributed by atoms with van der Waals surface area (Å²) in [5.41, 5.74) is 1.83. The zero-order valence-corrected chi connectivity index (χ0v) is 20.5. The van der Waals surface area contributed by atoms with E-state index in [0.29, 0.717) is 22.5 Å². The summed E-state index contributed by atoms with van der Waals surface area (Å²) in [6, 6.07) is 11.7. The number of sulfone groups is 1. The maximum atomic E-state index is 13.1. The van der Waals surface area contributed by atoms with Crippen LogP contribution in [0.15, 0.2) is 47.4 Å². The van der Waals surface area contributed by atoms with E-state index in [1.54, 1.807) is 18.3 Å². The lowest BCUT2D eigenvalue weighted by Crippen LogP contribution is -2.32. The third-order valence-corrected chi connectivity index (χ3v) is 7.43. The molecule has 0 saturated carbocycles. The van der Waals surface area contributed by atoms with Crippen LogP contribution in [0.25, 0.3) is 10.8 Å². The second-order valence-corrected chi connectivity index (χ2v) is 11.3. The minimum atomic E-state index is -3.19. The second-order valence-electron chi connectivity index (χ2n) is 8.66. The molecule has 0 amide bonds. The van der Waals surface area contributed by atoms with Crippen molar-refractivity contribution in [3.05, 3.63) is 63.7 Å². The lowest BCUT2D eigenvalue weighted by molar-refractivity contribution is 0.222. The van der Waals surface area contributed by atoms with Crippen molar-refractivity contribution in [1.29, 1.82) is 0 Å². The molecule has 1 saturated heterocycles. The SMILES string of the molecule is CCN1CCC(c2ccc(Nc3nc(Cl)cc4ccn(CCS(C)(=O)=O)c(=O)c34)cc2)CC1. The number of halogens is 1. The average Bonchev–Trinajstić information content (AvgIpc) is 2.78. The Balaban J connectivity index is 1.59. The number of aryl methyl sites for hydroxylation is 1. The first-order chi connectivity index (χ1) is 15.7. The molecule has 0 unspecified atom stereocenters. The van der Waals surface area contributed by atoms with Gasteiger partial charge in [-0.1, -0.05) is 30.7 Å². The van der Waals surface area contributed by atoms with Gasteiger partial charge in [0.2, 0.25) is 0 Å². The summed E-state index contributed by atoms with van der Waals surface area (Å²) in [7, 11) is -3.19. The smallest absolute Gasteiger partial charge is 0.262 e. The Labute approximate surface area is 199 Å². The normalized spacial score (nSPS) is 15.7. The number of nitrogens with one attached hydrogen (secondary N) is 1. The molecule has 1 aliphatic heterocycles. The van der Waals surface area contributed by atoms with Crippen LogP contribution < -0.4 is 10.9 Å². The molecular formula is C24H29ClN4O3S. The van der Waals surface area contributed by atoms with Gasteiger partial charge in [-0.3, -0.25) is 4.79 Å². The number of rotatable bonds is 7. The zero-order chi connectivity index (χ0) is 23.6. The number of anilines is 2. The van der Waals surface area contributed by atoms with Crippen LogP contribution in [0.2, 0.25) is 5.15 Å². The van der Waals surface area contributed by atoms with Crippen molar-refractivity contribution >= 4 is 43.7 Å². The number of piperidine rings is 1.